The smallest absolute Gasteiger partial charge is 0.231 e. The molecule has 0 saturated carbocycles. The van der Waals surface area contributed by atoms with Crippen LogP contribution < -0.4 is 20.3 Å². The van der Waals surface area contributed by atoms with Gasteiger partial charge in [0, 0.05) is 30.5 Å². The molecule has 6 nitrogen and oxygen atoms in total. The zero-order chi connectivity index (χ0) is 20.8. The molecule has 0 aliphatic carbocycles. The SMILES string of the molecule is CCN(CC)c1cc(Nc2cc(C)ccc2C)nc(Nc2ccc(OC)cc2)n1. The molecule has 29 heavy (non-hydrogen) atoms. The van der Waals surface area contributed by atoms with Gasteiger partial charge in [0.25, 0.3) is 0 Å². The number of hydrogen-bond donors (Lipinski definition) is 2. The van der Waals surface area contributed by atoms with E-state index in [0.29, 0.717) is 5.95 Å². The quantitative estimate of drug-likeness (QED) is 0.533. The third-order valence-corrected chi connectivity index (χ3v) is 4.80. The predicted molar refractivity (Wildman–Crippen MR) is 121 cm³/mol. The molecule has 0 unspecified atom stereocenters. The van der Waals surface area contributed by atoms with Gasteiger partial charge in [-0.1, -0.05) is 12.1 Å². The second-order valence-electron chi connectivity index (χ2n) is 6.90. The maximum Gasteiger partial charge on any atom is 0.231 e. The van der Waals surface area contributed by atoms with E-state index in [0.717, 1.165) is 41.8 Å². The van der Waals surface area contributed by atoms with E-state index >= 15 is 0 Å². The summed E-state index contributed by atoms with van der Waals surface area (Å²) in [5.41, 5.74) is 4.32. The molecule has 3 aromatic rings. The van der Waals surface area contributed by atoms with Gasteiger partial charge >= 0.3 is 0 Å². The molecule has 152 valence electrons. The molecule has 0 amide bonds. The first kappa shape index (κ1) is 20.5. The molecular weight excluding hydrogens is 362 g/mol. The van der Waals surface area contributed by atoms with Gasteiger partial charge in [0.2, 0.25) is 5.95 Å². The number of rotatable bonds is 8. The first-order valence-electron chi connectivity index (χ1n) is 9.91. The summed E-state index contributed by atoms with van der Waals surface area (Å²) in [4.78, 5) is 11.6. The maximum absolute atomic E-state index is 5.23. The lowest BCUT2D eigenvalue weighted by Crippen LogP contribution is -2.23. The van der Waals surface area contributed by atoms with Crippen LogP contribution in [0, 0.1) is 13.8 Å². The van der Waals surface area contributed by atoms with Gasteiger partial charge in [-0.15, -0.1) is 0 Å². The standard InChI is InChI=1S/C23H29N5O/c1-6-28(7-2)22-15-21(25-20-14-16(3)8-9-17(20)4)26-23(27-22)24-18-10-12-19(29-5)13-11-18/h8-15H,6-7H2,1-5H3,(H2,24,25,26,27). The van der Waals surface area contributed by atoms with Crippen molar-refractivity contribution in [3.8, 4) is 5.75 Å². The summed E-state index contributed by atoms with van der Waals surface area (Å²) >= 11 is 0. The summed E-state index contributed by atoms with van der Waals surface area (Å²) in [5.74, 6) is 3.00. The molecule has 1 heterocycles. The Bertz CT molecular complexity index is 952. The lowest BCUT2D eigenvalue weighted by atomic mass is 10.1. The van der Waals surface area contributed by atoms with Crippen LogP contribution in [0.5, 0.6) is 5.75 Å². The molecule has 6 heteroatoms. The first-order chi connectivity index (χ1) is 14.0. The minimum absolute atomic E-state index is 0.548. The Hall–Kier alpha value is -3.28. The molecule has 0 fully saturated rings. The highest BCUT2D eigenvalue weighted by molar-refractivity contribution is 5.66. The Balaban J connectivity index is 1.95. The second-order valence-corrected chi connectivity index (χ2v) is 6.90. The summed E-state index contributed by atoms with van der Waals surface area (Å²) in [6.07, 6.45) is 0. The fourth-order valence-electron chi connectivity index (χ4n) is 3.08. The van der Waals surface area contributed by atoms with Gasteiger partial charge in [0.15, 0.2) is 0 Å². The van der Waals surface area contributed by atoms with Crippen LogP contribution in [0.25, 0.3) is 0 Å². The molecule has 2 N–H and O–H groups in total. The fraction of sp³-hybridized carbons (Fsp3) is 0.304. The highest BCUT2D eigenvalue weighted by Gasteiger charge is 2.11. The molecule has 1 aromatic heterocycles. The number of hydrogen-bond acceptors (Lipinski definition) is 6. The van der Waals surface area contributed by atoms with Gasteiger partial charge in [-0.2, -0.15) is 9.97 Å². The van der Waals surface area contributed by atoms with Crippen molar-refractivity contribution in [2.24, 2.45) is 0 Å². The third-order valence-electron chi connectivity index (χ3n) is 4.80. The van der Waals surface area contributed by atoms with Crippen molar-refractivity contribution >= 4 is 29.0 Å². The van der Waals surface area contributed by atoms with Crippen molar-refractivity contribution in [1.82, 2.24) is 9.97 Å². The van der Waals surface area contributed by atoms with E-state index in [9.17, 15) is 0 Å². The van der Waals surface area contributed by atoms with Gasteiger partial charge in [-0.25, -0.2) is 0 Å². The van der Waals surface area contributed by atoms with E-state index in [1.807, 2.05) is 30.3 Å². The molecule has 0 aliphatic rings. The number of nitrogens with zero attached hydrogens (tertiary/aromatic N) is 3. The Morgan fingerprint density at radius 1 is 0.897 bits per heavy atom. The Morgan fingerprint density at radius 2 is 1.62 bits per heavy atom. The first-order valence-corrected chi connectivity index (χ1v) is 9.91. The molecule has 0 bridgehead atoms. The number of ether oxygens (including phenoxy) is 1. The van der Waals surface area contributed by atoms with Gasteiger partial charge in [-0.3, -0.25) is 0 Å². The Morgan fingerprint density at radius 3 is 2.28 bits per heavy atom. The van der Waals surface area contributed by atoms with Crippen molar-refractivity contribution in [3.05, 3.63) is 59.7 Å². The number of nitrogens with one attached hydrogen (secondary N) is 2. The summed E-state index contributed by atoms with van der Waals surface area (Å²) in [6.45, 7) is 10.2. The average Bonchev–Trinajstić information content (AvgIpc) is 2.72. The highest BCUT2D eigenvalue weighted by Crippen LogP contribution is 2.26. The number of methoxy groups -OCH3 is 1. The molecular formula is C23H29N5O. The lowest BCUT2D eigenvalue weighted by Gasteiger charge is -2.21. The summed E-state index contributed by atoms with van der Waals surface area (Å²) in [5, 5.41) is 6.77. The van der Waals surface area contributed by atoms with E-state index in [-0.39, 0.29) is 0 Å². The van der Waals surface area contributed by atoms with Crippen molar-refractivity contribution in [3.63, 3.8) is 0 Å². The van der Waals surface area contributed by atoms with Crippen molar-refractivity contribution in [1.29, 1.82) is 0 Å². The molecule has 0 spiro atoms. The minimum Gasteiger partial charge on any atom is -0.497 e. The molecule has 0 aliphatic heterocycles. The summed E-state index contributed by atoms with van der Waals surface area (Å²) < 4.78 is 5.23. The number of aromatic nitrogens is 2. The van der Waals surface area contributed by atoms with Crippen LogP contribution in [-0.4, -0.2) is 30.2 Å². The van der Waals surface area contributed by atoms with Gasteiger partial charge in [0.1, 0.15) is 17.4 Å². The highest BCUT2D eigenvalue weighted by atomic mass is 16.5. The van der Waals surface area contributed by atoms with E-state index in [4.69, 9.17) is 14.7 Å². The second kappa shape index (κ2) is 9.28. The average molecular weight is 392 g/mol. The van der Waals surface area contributed by atoms with E-state index in [1.165, 1.54) is 11.1 Å². The Kier molecular flexibility index (Phi) is 6.54. The largest absolute Gasteiger partial charge is 0.497 e. The molecule has 0 radical (unpaired) electrons. The molecule has 0 atom stereocenters. The molecule has 3 rings (SSSR count). The predicted octanol–water partition coefficient (Wildman–Crippen LogP) is 5.44. The normalized spacial score (nSPS) is 10.5. The minimum atomic E-state index is 0.548. The zero-order valence-electron chi connectivity index (χ0n) is 17.8. The monoisotopic (exact) mass is 391 g/mol. The topological polar surface area (TPSA) is 62.3 Å². The molecule has 2 aromatic carbocycles. The third kappa shape index (κ3) is 5.16. The van der Waals surface area contributed by atoms with E-state index in [2.05, 4.69) is 61.4 Å². The van der Waals surface area contributed by atoms with Crippen LogP contribution in [0.1, 0.15) is 25.0 Å². The van der Waals surface area contributed by atoms with Crippen LogP contribution in [0.2, 0.25) is 0 Å². The van der Waals surface area contributed by atoms with Crippen LogP contribution in [-0.2, 0) is 0 Å². The number of anilines is 5. The summed E-state index contributed by atoms with van der Waals surface area (Å²) in [6, 6.07) is 16.1. The van der Waals surface area contributed by atoms with Gasteiger partial charge < -0.3 is 20.3 Å². The maximum atomic E-state index is 5.23. The van der Waals surface area contributed by atoms with Gasteiger partial charge in [-0.05, 0) is 69.2 Å². The van der Waals surface area contributed by atoms with E-state index in [1.54, 1.807) is 7.11 Å². The zero-order valence-corrected chi connectivity index (χ0v) is 17.8. The van der Waals surface area contributed by atoms with E-state index < -0.39 is 0 Å². The summed E-state index contributed by atoms with van der Waals surface area (Å²) in [7, 11) is 1.66. The Labute approximate surface area is 173 Å². The van der Waals surface area contributed by atoms with Crippen LogP contribution in [0.15, 0.2) is 48.5 Å². The van der Waals surface area contributed by atoms with Crippen molar-refractivity contribution in [2.75, 3.05) is 35.7 Å². The number of aryl methyl sites for hydroxylation is 2. The molecule has 0 saturated heterocycles. The van der Waals surface area contributed by atoms with Crippen molar-refractivity contribution in [2.45, 2.75) is 27.7 Å². The van der Waals surface area contributed by atoms with Crippen molar-refractivity contribution < 1.29 is 4.74 Å². The number of benzene rings is 2. The lowest BCUT2D eigenvalue weighted by molar-refractivity contribution is 0.415. The fourth-order valence-corrected chi connectivity index (χ4v) is 3.08. The van der Waals surface area contributed by atoms with Gasteiger partial charge in [0.05, 0.1) is 7.11 Å². The van der Waals surface area contributed by atoms with Crippen LogP contribution in [0.3, 0.4) is 0 Å². The van der Waals surface area contributed by atoms with Crippen LogP contribution >= 0.6 is 0 Å². The van der Waals surface area contributed by atoms with Crippen LogP contribution in [0.4, 0.5) is 29.0 Å².